The van der Waals surface area contributed by atoms with Gasteiger partial charge in [0.15, 0.2) is 0 Å². The van der Waals surface area contributed by atoms with E-state index in [4.69, 9.17) is 22.1 Å². The van der Waals surface area contributed by atoms with Gasteiger partial charge in [0.1, 0.15) is 5.15 Å². The number of hydrogen-bond donors (Lipinski definition) is 1. The molecule has 0 aromatic carbocycles. The minimum Gasteiger partial charge on any atom is -0.481 e. The Morgan fingerprint density at radius 3 is 2.80 bits per heavy atom. The molecule has 1 fully saturated rings. The number of pyridine rings is 1. The molecule has 1 saturated carbocycles. The second-order valence-corrected chi connectivity index (χ2v) is 4.40. The summed E-state index contributed by atoms with van der Waals surface area (Å²) in [5.74, 6) is 0.647. The number of hydrogen-bond acceptors (Lipinski definition) is 3. The average molecular weight is 227 g/mol. The molecule has 1 aromatic heterocycles. The highest BCUT2D eigenvalue weighted by atomic mass is 35.5. The summed E-state index contributed by atoms with van der Waals surface area (Å²) < 4.78 is 5.26. The van der Waals surface area contributed by atoms with Crippen LogP contribution in [-0.2, 0) is 5.41 Å². The Labute approximate surface area is 94.6 Å². The van der Waals surface area contributed by atoms with Gasteiger partial charge in [0.25, 0.3) is 0 Å². The Morgan fingerprint density at radius 2 is 2.27 bits per heavy atom. The van der Waals surface area contributed by atoms with Gasteiger partial charge in [-0.15, -0.1) is 0 Å². The number of halogens is 1. The lowest BCUT2D eigenvalue weighted by Gasteiger charge is -2.17. The van der Waals surface area contributed by atoms with E-state index in [2.05, 4.69) is 4.98 Å². The van der Waals surface area contributed by atoms with Crippen LogP contribution < -0.4 is 10.5 Å². The third-order valence-electron chi connectivity index (χ3n) is 3.07. The van der Waals surface area contributed by atoms with E-state index >= 15 is 0 Å². The Morgan fingerprint density at radius 1 is 1.53 bits per heavy atom. The van der Waals surface area contributed by atoms with Crippen molar-refractivity contribution in [2.75, 3.05) is 13.7 Å². The van der Waals surface area contributed by atoms with Crippen molar-refractivity contribution < 1.29 is 4.74 Å². The van der Waals surface area contributed by atoms with Crippen molar-refractivity contribution in [3.8, 4) is 5.88 Å². The van der Waals surface area contributed by atoms with Gasteiger partial charge in [-0.3, -0.25) is 0 Å². The van der Waals surface area contributed by atoms with E-state index in [1.165, 1.54) is 12.8 Å². The largest absolute Gasteiger partial charge is 0.481 e. The molecule has 0 unspecified atom stereocenters. The molecule has 1 aliphatic carbocycles. The molecule has 0 bridgehead atoms. The van der Waals surface area contributed by atoms with Crippen molar-refractivity contribution in [3.63, 3.8) is 0 Å². The molecule has 2 N–H and O–H groups in total. The quantitative estimate of drug-likeness (QED) is 0.801. The number of methoxy groups -OCH3 is 1. The zero-order chi connectivity index (χ0) is 10.9. The highest BCUT2D eigenvalue weighted by Gasteiger charge is 2.45. The molecular formula is C11H15ClN2O. The van der Waals surface area contributed by atoms with Crippen LogP contribution in [0.25, 0.3) is 0 Å². The van der Waals surface area contributed by atoms with Gasteiger partial charge in [0.05, 0.1) is 7.11 Å². The van der Waals surface area contributed by atoms with Crippen LogP contribution in [0.15, 0.2) is 12.1 Å². The van der Waals surface area contributed by atoms with Crippen LogP contribution >= 0.6 is 11.6 Å². The van der Waals surface area contributed by atoms with Gasteiger partial charge in [-0.2, -0.15) is 0 Å². The minimum absolute atomic E-state index is 0.206. The Hall–Kier alpha value is -0.800. The first-order chi connectivity index (χ1) is 7.22. The molecule has 15 heavy (non-hydrogen) atoms. The van der Waals surface area contributed by atoms with Gasteiger partial charge in [-0.25, -0.2) is 4.98 Å². The fourth-order valence-corrected chi connectivity index (χ4v) is 2.20. The molecule has 0 radical (unpaired) electrons. The summed E-state index contributed by atoms with van der Waals surface area (Å²) >= 11 is 5.83. The molecule has 0 aliphatic heterocycles. The van der Waals surface area contributed by atoms with Crippen molar-refractivity contribution in [2.45, 2.75) is 24.7 Å². The first-order valence-electron chi connectivity index (χ1n) is 5.13. The standard InChI is InChI=1S/C11H15ClN2O/c1-15-10-8(2-3-9(12)14-10)11(4-5-11)6-7-13/h2-3H,4-7,13H2,1H3. The lowest BCUT2D eigenvalue weighted by atomic mass is 9.93. The maximum Gasteiger partial charge on any atom is 0.218 e. The van der Waals surface area contributed by atoms with E-state index in [1.54, 1.807) is 7.11 Å². The van der Waals surface area contributed by atoms with Gasteiger partial charge in [-0.05, 0) is 31.9 Å². The molecule has 0 saturated heterocycles. The number of rotatable bonds is 4. The summed E-state index contributed by atoms with van der Waals surface area (Å²) in [6, 6.07) is 3.83. The lowest BCUT2D eigenvalue weighted by Crippen LogP contribution is -2.15. The number of nitrogens with zero attached hydrogens (tertiary/aromatic N) is 1. The van der Waals surface area contributed by atoms with Crippen molar-refractivity contribution in [3.05, 3.63) is 22.8 Å². The molecule has 1 aliphatic rings. The maximum absolute atomic E-state index is 5.83. The van der Waals surface area contributed by atoms with Gasteiger partial charge in [-0.1, -0.05) is 17.7 Å². The van der Waals surface area contributed by atoms with Crippen LogP contribution in [0.3, 0.4) is 0 Å². The van der Waals surface area contributed by atoms with E-state index in [0.717, 1.165) is 12.0 Å². The summed E-state index contributed by atoms with van der Waals surface area (Å²) in [4.78, 5) is 4.18. The highest BCUT2D eigenvalue weighted by molar-refractivity contribution is 6.29. The van der Waals surface area contributed by atoms with Crippen LogP contribution in [-0.4, -0.2) is 18.6 Å². The van der Waals surface area contributed by atoms with Crippen molar-refractivity contribution in [1.82, 2.24) is 4.98 Å². The Bertz CT molecular complexity index is 364. The number of aromatic nitrogens is 1. The van der Waals surface area contributed by atoms with Crippen molar-refractivity contribution >= 4 is 11.6 Å². The lowest BCUT2D eigenvalue weighted by molar-refractivity contribution is 0.385. The van der Waals surface area contributed by atoms with Crippen molar-refractivity contribution in [1.29, 1.82) is 0 Å². The molecule has 4 heteroatoms. The molecule has 3 nitrogen and oxygen atoms in total. The first-order valence-corrected chi connectivity index (χ1v) is 5.51. The third-order valence-corrected chi connectivity index (χ3v) is 3.28. The second-order valence-electron chi connectivity index (χ2n) is 4.01. The molecule has 1 aromatic rings. The summed E-state index contributed by atoms with van der Waals surface area (Å²) in [5.41, 5.74) is 6.98. The maximum atomic E-state index is 5.83. The zero-order valence-electron chi connectivity index (χ0n) is 8.79. The van der Waals surface area contributed by atoms with Crippen molar-refractivity contribution in [2.24, 2.45) is 5.73 Å². The van der Waals surface area contributed by atoms with Crippen LogP contribution in [0.4, 0.5) is 0 Å². The predicted molar refractivity (Wildman–Crippen MR) is 60.4 cm³/mol. The summed E-state index contributed by atoms with van der Waals surface area (Å²) in [5, 5.41) is 0.471. The van der Waals surface area contributed by atoms with Gasteiger partial charge in [0, 0.05) is 11.0 Å². The van der Waals surface area contributed by atoms with Crippen LogP contribution in [0.2, 0.25) is 5.15 Å². The summed E-state index contributed by atoms with van der Waals surface area (Å²) in [7, 11) is 1.63. The SMILES string of the molecule is COc1nc(Cl)ccc1C1(CCN)CC1. The Kier molecular flexibility index (Phi) is 2.85. The molecule has 0 amide bonds. The second kappa shape index (κ2) is 3.99. The highest BCUT2D eigenvalue weighted by Crippen LogP contribution is 2.53. The van der Waals surface area contributed by atoms with Crippen LogP contribution in [0, 0.1) is 0 Å². The van der Waals surface area contributed by atoms with Crippen LogP contribution in [0.1, 0.15) is 24.8 Å². The zero-order valence-corrected chi connectivity index (χ0v) is 9.55. The number of ether oxygens (including phenoxy) is 1. The molecule has 0 atom stereocenters. The van der Waals surface area contributed by atoms with E-state index in [9.17, 15) is 0 Å². The third kappa shape index (κ3) is 1.94. The van der Waals surface area contributed by atoms with Gasteiger partial charge >= 0.3 is 0 Å². The van der Waals surface area contributed by atoms with E-state index < -0.39 is 0 Å². The molecular weight excluding hydrogens is 212 g/mol. The minimum atomic E-state index is 0.206. The molecule has 0 spiro atoms. The van der Waals surface area contributed by atoms with Crippen LogP contribution in [0.5, 0.6) is 5.88 Å². The first kappa shape index (κ1) is 10.7. The van der Waals surface area contributed by atoms with E-state index in [1.807, 2.05) is 12.1 Å². The fourth-order valence-electron chi connectivity index (χ4n) is 2.06. The molecule has 1 heterocycles. The monoisotopic (exact) mass is 226 g/mol. The summed E-state index contributed by atoms with van der Waals surface area (Å²) in [6.45, 7) is 0.700. The molecule has 2 rings (SSSR count). The molecule has 82 valence electrons. The predicted octanol–water partition coefficient (Wildman–Crippen LogP) is 2.12. The smallest absolute Gasteiger partial charge is 0.218 e. The summed E-state index contributed by atoms with van der Waals surface area (Å²) in [6.07, 6.45) is 3.33. The average Bonchev–Trinajstić information content (AvgIpc) is 2.99. The number of nitrogens with two attached hydrogens (primary N) is 1. The Balaban J connectivity index is 2.35. The van der Waals surface area contributed by atoms with Gasteiger partial charge < -0.3 is 10.5 Å². The normalized spacial score (nSPS) is 17.5. The topological polar surface area (TPSA) is 48.1 Å². The van der Waals surface area contributed by atoms with Gasteiger partial charge in [0.2, 0.25) is 5.88 Å². The van der Waals surface area contributed by atoms with E-state index in [0.29, 0.717) is 17.6 Å². The van der Waals surface area contributed by atoms with E-state index in [-0.39, 0.29) is 5.41 Å². The fraction of sp³-hybridized carbons (Fsp3) is 0.545.